The van der Waals surface area contributed by atoms with E-state index in [4.69, 9.17) is 5.11 Å². The van der Waals surface area contributed by atoms with Crippen LogP contribution in [-0.2, 0) is 11.3 Å². The summed E-state index contributed by atoms with van der Waals surface area (Å²) in [5, 5.41) is 8.49. The highest BCUT2D eigenvalue weighted by molar-refractivity contribution is 5.85. The molecule has 0 aliphatic carbocycles. The van der Waals surface area contributed by atoms with Crippen LogP contribution in [0.15, 0.2) is 24.3 Å². The van der Waals surface area contributed by atoms with Gasteiger partial charge in [0.1, 0.15) is 5.82 Å². The quantitative estimate of drug-likeness (QED) is 0.790. The maximum absolute atomic E-state index is 13.8. The van der Waals surface area contributed by atoms with Crippen molar-refractivity contribution in [2.45, 2.75) is 19.9 Å². The van der Waals surface area contributed by atoms with Crippen molar-refractivity contribution in [3.8, 4) is 0 Å². The summed E-state index contributed by atoms with van der Waals surface area (Å²) < 4.78 is 13.8. The number of hydrogen-bond donors (Lipinski definition) is 1. The first-order valence-corrected chi connectivity index (χ1v) is 5.91. The van der Waals surface area contributed by atoms with Crippen molar-refractivity contribution in [2.75, 3.05) is 13.6 Å². The van der Waals surface area contributed by atoms with Crippen LogP contribution in [0.3, 0.4) is 0 Å². The molecule has 0 amide bonds. The maximum atomic E-state index is 13.8. The van der Waals surface area contributed by atoms with Crippen molar-refractivity contribution in [1.29, 1.82) is 0 Å². The molecule has 0 atom stereocenters. The fraction of sp³-hybridized carbons (Fsp3) is 0.357. The van der Waals surface area contributed by atoms with Gasteiger partial charge in [0.15, 0.2) is 0 Å². The molecule has 1 rings (SSSR count). The minimum atomic E-state index is -1.04. The smallest absolute Gasteiger partial charge is 0.328 e. The van der Waals surface area contributed by atoms with E-state index in [9.17, 15) is 9.18 Å². The Labute approximate surface area is 107 Å². The first kappa shape index (κ1) is 14.4. The Bertz CT molecular complexity index is 443. The average molecular weight is 251 g/mol. The van der Waals surface area contributed by atoms with E-state index in [1.54, 1.807) is 12.1 Å². The van der Waals surface area contributed by atoms with E-state index in [2.05, 4.69) is 6.92 Å². The maximum Gasteiger partial charge on any atom is 0.328 e. The van der Waals surface area contributed by atoms with Gasteiger partial charge >= 0.3 is 5.97 Å². The molecule has 0 saturated carbocycles. The molecule has 0 fully saturated rings. The molecule has 3 nitrogen and oxygen atoms in total. The lowest BCUT2D eigenvalue weighted by atomic mass is 10.1. The van der Waals surface area contributed by atoms with Gasteiger partial charge in [-0.2, -0.15) is 0 Å². The van der Waals surface area contributed by atoms with Crippen molar-refractivity contribution >= 4 is 12.0 Å². The van der Waals surface area contributed by atoms with Gasteiger partial charge in [0.2, 0.25) is 0 Å². The van der Waals surface area contributed by atoms with Crippen molar-refractivity contribution in [2.24, 2.45) is 0 Å². The van der Waals surface area contributed by atoms with Crippen molar-refractivity contribution in [3.63, 3.8) is 0 Å². The summed E-state index contributed by atoms with van der Waals surface area (Å²) in [6.07, 6.45) is 3.40. The van der Waals surface area contributed by atoms with Crippen LogP contribution in [0.2, 0.25) is 0 Å². The predicted molar refractivity (Wildman–Crippen MR) is 69.7 cm³/mol. The van der Waals surface area contributed by atoms with Gasteiger partial charge in [-0.1, -0.05) is 19.1 Å². The molecule has 0 unspecified atom stereocenters. The fourth-order valence-corrected chi connectivity index (χ4v) is 1.71. The number of benzene rings is 1. The number of hydrogen-bond acceptors (Lipinski definition) is 2. The number of halogens is 1. The first-order chi connectivity index (χ1) is 8.52. The second-order valence-electron chi connectivity index (χ2n) is 4.26. The highest BCUT2D eigenvalue weighted by atomic mass is 19.1. The number of nitrogens with zero attached hydrogens (tertiary/aromatic N) is 1. The SMILES string of the molecule is CCCN(C)Cc1ccc(C=CC(=O)O)cc1F. The van der Waals surface area contributed by atoms with E-state index in [0.29, 0.717) is 17.7 Å². The molecule has 0 heterocycles. The van der Waals surface area contributed by atoms with Gasteiger partial charge in [-0.25, -0.2) is 9.18 Å². The van der Waals surface area contributed by atoms with Gasteiger partial charge in [0.05, 0.1) is 0 Å². The Morgan fingerprint density at radius 3 is 2.78 bits per heavy atom. The van der Waals surface area contributed by atoms with E-state index >= 15 is 0 Å². The molecule has 0 spiro atoms. The molecule has 98 valence electrons. The molecule has 0 bridgehead atoms. The molecule has 0 aromatic heterocycles. The Morgan fingerprint density at radius 2 is 2.22 bits per heavy atom. The molecule has 0 aliphatic heterocycles. The summed E-state index contributed by atoms with van der Waals surface area (Å²) in [5.74, 6) is -1.34. The molecular weight excluding hydrogens is 233 g/mol. The number of carboxylic acids is 1. The minimum Gasteiger partial charge on any atom is -0.478 e. The Balaban J connectivity index is 2.76. The highest BCUT2D eigenvalue weighted by Crippen LogP contribution is 2.13. The van der Waals surface area contributed by atoms with Gasteiger partial charge in [0, 0.05) is 18.2 Å². The summed E-state index contributed by atoms with van der Waals surface area (Å²) in [5.41, 5.74) is 1.18. The van der Waals surface area contributed by atoms with Crippen LogP contribution in [0.5, 0.6) is 0 Å². The van der Waals surface area contributed by atoms with Crippen LogP contribution in [0.1, 0.15) is 24.5 Å². The van der Waals surface area contributed by atoms with Crippen molar-refractivity contribution in [3.05, 3.63) is 41.2 Å². The Kier molecular flexibility index (Phi) is 5.52. The first-order valence-electron chi connectivity index (χ1n) is 5.91. The molecule has 1 aromatic rings. The predicted octanol–water partition coefficient (Wildman–Crippen LogP) is 2.77. The van der Waals surface area contributed by atoms with Gasteiger partial charge in [-0.15, -0.1) is 0 Å². The minimum absolute atomic E-state index is 0.300. The number of carboxylic acid groups (broad SMARTS) is 1. The molecule has 0 saturated heterocycles. The fourth-order valence-electron chi connectivity index (χ4n) is 1.71. The lowest BCUT2D eigenvalue weighted by Gasteiger charge is -2.16. The lowest BCUT2D eigenvalue weighted by Crippen LogP contribution is -2.19. The second-order valence-corrected chi connectivity index (χ2v) is 4.26. The third kappa shape index (κ3) is 4.67. The number of aliphatic carboxylic acids is 1. The van der Waals surface area contributed by atoms with Gasteiger partial charge in [0.25, 0.3) is 0 Å². The molecule has 0 radical (unpaired) electrons. The van der Waals surface area contributed by atoms with Crippen LogP contribution in [0.4, 0.5) is 4.39 Å². The summed E-state index contributed by atoms with van der Waals surface area (Å²) in [7, 11) is 1.95. The zero-order chi connectivity index (χ0) is 13.5. The van der Waals surface area contributed by atoms with Crippen LogP contribution in [-0.4, -0.2) is 29.6 Å². The largest absolute Gasteiger partial charge is 0.478 e. The topological polar surface area (TPSA) is 40.5 Å². The van der Waals surface area contributed by atoms with E-state index in [-0.39, 0.29) is 5.82 Å². The Hall–Kier alpha value is -1.68. The van der Waals surface area contributed by atoms with E-state index < -0.39 is 5.97 Å². The molecule has 4 heteroatoms. The van der Waals surface area contributed by atoms with Crippen molar-refractivity contribution in [1.82, 2.24) is 4.90 Å². The molecule has 1 aromatic carbocycles. The molecule has 0 aliphatic rings. The number of rotatable bonds is 6. The standard InChI is InChI=1S/C14H18FNO2/c1-3-8-16(2)10-12-6-4-11(9-13(12)15)5-7-14(17)18/h4-7,9H,3,8,10H2,1-2H3,(H,17,18). The summed E-state index contributed by atoms with van der Waals surface area (Å²) >= 11 is 0. The zero-order valence-corrected chi connectivity index (χ0v) is 10.7. The third-order valence-electron chi connectivity index (χ3n) is 2.54. The average Bonchev–Trinajstić information content (AvgIpc) is 2.30. The molecule has 18 heavy (non-hydrogen) atoms. The van der Waals surface area contributed by atoms with E-state index in [1.807, 2.05) is 11.9 Å². The lowest BCUT2D eigenvalue weighted by molar-refractivity contribution is -0.131. The molecule has 1 N–H and O–H groups in total. The number of carbonyl (C=O) groups is 1. The van der Waals surface area contributed by atoms with Crippen LogP contribution < -0.4 is 0 Å². The summed E-state index contributed by atoms with van der Waals surface area (Å²) in [4.78, 5) is 12.4. The Morgan fingerprint density at radius 1 is 1.50 bits per heavy atom. The van der Waals surface area contributed by atoms with Gasteiger partial charge in [-0.3, -0.25) is 0 Å². The van der Waals surface area contributed by atoms with Crippen LogP contribution >= 0.6 is 0 Å². The monoisotopic (exact) mass is 251 g/mol. The van der Waals surface area contributed by atoms with Crippen LogP contribution in [0, 0.1) is 5.82 Å². The van der Waals surface area contributed by atoms with Gasteiger partial charge < -0.3 is 10.0 Å². The third-order valence-corrected chi connectivity index (χ3v) is 2.54. The van der Waals surface area contributed by atoms with Crippen LogP contribution in [0.25, 0.3) is 6.08 Å². The zero-order valence-electron chi connectivity index (χ0n) is 10.7. The van der Waals surface area contributed by atoms with E-state index in [0.717, 1.165) is 19.0 Å². The second kappa shape index (κ2) is 6.91. The van der Waals surface area contributed by atoms with Crippen molar-refractivity contribution < 1.29 is 14.3 Å². The normalized spacial score (nSPS) is 11.3. The van der Waals surface area contributed by atoms with Gasteiger partial charge in [-0.05, 0) is 37.7 Å². The summed E-state index contributed by atoms with van der Waals surface area (Å²) in [6.45, 7) is 3.55. The molecular formula is C14H18FNO2. The highest BCUT2D eigenvalue weighted by Gasteiger charge is 2.05. The van der Waals surface area contributed by atoms with E-state index in [1.165, 1.54) is 12.1 Å². The summed E-state index contributed by atoms with van der Waals surface area (Å²) in [6, 6.07) is 4.77.